The minimum absolute atomic E-state index is 0.0364. The SMILES string of the molecule is Oc1ccc(N=Nc2cccc(C(F)(F)F)c2)cc1C=Nc1ccc2oc(-c3ccccc3)nc2c1. The second kappa shape index (κ2) is 9.46. The van der Waals surface area contributed by atoms with E-state index >= 15 is 0 Å². The monoisotopic (exact) mass is 486 g/mol. The molecule has 0 amide bonds. The Labute approximate surface area is 203 Å². The summed E-state index contributed by atoms with van der Waals surface area (Å²) in [6.07, 6.45) is -3.01. The summed E-state index contributed by atoms with van der Waals surface area (Å²) in [6.45, 7) is 0. The number of fused-ring (bicyclic) bond motifs is 1. The average molecular weight is 486 g/mol. The van der Waals surface area contributed by atoms with Gasteiger partial charge < -0.3 is 9.52 Å². The highest BCUT2D eigenvalue weighted by Gasteiger charge is 2.30. The Hall–Kier alpha value is -4.79. The smallest absolute Gasteiger partial charge is 0.416 e. The zero-order valence-corrected chi connectivity index (χ0v) is 18.5. The van der Waals surface area contributed by atoms with E-state index in [2.05, 4.69) is 20.2 Å². The molecule has 0 aliphatic heterocycles. The summed E-state index contributed by atoms with van der Waals surface area (Å²) in [4.78, 5) is 8.92. The van der Waals surface area contributed by atoms with Crippen LogP contribution in [0, 0.1) is 0 Å². The molecule has 0 radical (unpaired) electrons. The number of benzene rings is 4. The van der Waals surface area contributed by atoms with Gasteiger partial charge in [-0.05, 0) is 66.7 Å². The van der Waals surface area contributed by atoms with Crippen LogP contribution in [0.25, 0.3) is 22.6 Å². The van der Waals surface area contributed by atoms with Gasteiger partial charge in [-0.25, -0.2) is 4.98 Å². The minimum atomic E-state index is -4.47. The van der Waals surface area contributed by atoms with E-state index in [-0.39, 0.29) is 11.4 Å². The number of nitrogens with zero attached hydrogens (tertiary/aromatic N) is 4. The van der Waals surface area contributed by atoms with Crippen molar-refractivity contribution in [3.63, 3.8) is 0 Å². The maximum atomic E-state index is 12.9. The van der Waals surface area contributed by atoms with E-state index in [4.69, 9.17) is 4.42 Å². The summed E-state index contributed by atoms with van der Waals surface area (Å²) in [7, 11) is 0. The summed E-state index contributed by atoms with van der Waals surface area (Å²) < 4.78 is 44.5. The molecule has 4 aromatic carbocycles. The van der Waals surface area contributed by atoms with Crippen LogP contribution in [-0.2, 0) is 6.18 Å². The Morgan fingerprint density at radius 3 is 2.31 bits per heavy atom. The molecule has 6 nitrogen and oxygen atoms in total. The Balaban J connectivity index is 1.37. The predicted molar refractivity (Wildman–Crippen MR) is 130 cm³/mol. The van der Waals surface area contributed by atoms with E-state index in [1.165, 1.54) is 36.5 Å². The number of phenols is 1. The molecule has 0 saturated carbocycles. The van der Waals surface area contributed by atoms with Crippen LogP contribution in [0.15, 0.2) is 111 Å². The maximum absolute atomic E-state index is 12.9. The molecule has 1 aromatic heterocycles. The first kappa shape index (κ1) is 23.0. The van der Waals surface area contributed by atoms with Crippen LogP contribution in [0.4, 0.5) is 30.2 Å². The Bertz CT molecular complexity index is 1590. The fraction of sp³-hybridized carbons (Fsp3) is 0.0370. The lowest BCUT2D eigenvalue weighted by Gasteiger charge is -2.06. The van der Waals surface area contributed by atoms with Crippen LogP contribution in [0.1, 0.15) is 11.1 Å². The number of phenolic OH excluding ortho intramolecular Hbond substituents is 1. The lowest BCUT2D eigenvalue weighted by atomic mass is 10.2. The molecule has 0 aliphatic rings. The number of azo groups is 1. The van der Waals surface area contributed by atoms with E-state index in [1.54, 1.807) is 18.2 Å². The molecule has 0 fully saturated rings. The maximum Gasteiger partial charge on any atom is 0.416 e. The first-order chi connectivity index (χ1) is 17.3. The van der Waals surface area contributed by atoms with Gasteiger partial charge in [0.1, 0.15) is 11.3 Å². The van der Waals surface area contributed by atoms with Crippen LogP contribution in [-0.4, -0.2) is 16.3 Å². The molecule has 0 unspecified atom stereocenters. The van der Waals surface area contributed by atoms with Gasteiger partial charge in [0.05, 0.1) is 22.6 Å². The quantitative estimate of drug-likeness (QED) is 0.200. The first-order valence-electron chi connectivity index (χ1n) is 10.8. The van der Waals surface area contributed by atoms with Crippen LogP contribution in [0.5, 0.6) is 5.75 Å². The Morgan fingerprint density at radius 2 is 1.53 bits per heavy atom. The van der Waals surface area contributed by atoms with Crippen molar-refractivity contribution in [1.29, 1.82) is 0 Å². The van der Waals surface area contributed by atoms with Gasteiger partial charge in [-0.3, -0.25) is 4.99 Å². The van der Waals surface area contributed by atoms with E-state index in [0.29, 0.717) is 33.9 Å². The van der Waals surface area contributed by atoms with Crippen molar-refractivity contribution < 1.29 is 22.7 Å². The Kier molecular flexibility index (Phi) is 6.03. The van der Waals surface area contributed by atoms with Crippen molar-refractivity contribution in [3.05, 3.63) is 102 Å². The second-order valence-corrected chi connectivity index (χ2v) is 7.79. The van der Waals surface area contributed by atoms with E-state index < -0.39 is 11.7 Å². The fourth-order valence-corrected chi connectivity index (χ4v) is 3.41. The van der Waals surface area contributed by atoms with Crippen LogP contribution in [0.2, 0.25) is 0 Å². The number of oxazole rings is 1. The number of hydrogen-bond donors (Lipinski definition) is 1. The highest BCUT2D eigenvalue weighted by molar-refractivity contribution is 5.88. The van der Waals surface area contributed by atoms with Gasteiger partial charge in [-0.15, -0.1) is 0 Å². The fourth-order valence-electron chi connectivity index (χ4n) is 3.41. The first-order valence-corrected chi connectivity index (χ1v) is 10.8. The van der Waals surface area contributed by atoms with Gasteiger partial charge in [0.15, 0.2) is 5.58 Å². The number of aromatic hydroxyl groups is 1. The minimum Gasteiger partial charge on any atom is -0.507 e. The molecule has 1 N–H and O–H groups in total. The molecule has 36 heavy (non-hydrogen) atoms. The standard InChI is InChI=1S/C27H17F3N4O2/c28-27(29,30)19-7-4-8-21(14-19)33-34-22-9-11-24(35)18(13-22)16-31-20-10-12-25-23(15-20)32-26(36-25)17-5-2-1-3-6-17/h1-16,35H. The van der Waals surface area contributed by atoms with Gasteiger partial charge in [-0.2, -0.15) is 23.4 Å². The number of aliphatic imine (C=N–C) groups is 1. The van der Waals surface area contributed by atoms with E-state index in [1.807, 2.05) is 30.3 Å². The molecule has 178 valence electrons. The van der Waals surface area contributed by atoms with Crippen molar-refractivity contribution in [1.82, 2.24) is 4.98 Å². The van der Waals surface area contributed by atoms with Crippen molar-refractivity contribution in [2.45, 2.75) is 6.18 Å². The molecule has 5 aromatic rings. The molecule has 0 aliphatic carbocycles. The predicted octanol–water partition coefficient (Wildman–Crippen LogP) is 8.39. The molecule has 0 bridgehead atoms. The lowest BCUT2D eigenvalue weighted by molar-refractivity contribution is -0.137. The summed E-state index contributed by atoms with van der Waals surface area (Å²) in [5.74, 6) is 0.467. The Morgan fingerprint density at radius 1 is 0.778 bits per heavy atom. The molecule has 0 spiro atoms. The third-order valence-corrected chi connectivity index (χ3v) is 5.21. The highest BCUT2D eigenvalue weighted by atomic mass is 19.4. The zero-order chi connectivity index (χ0) is 25.1. The van der Waals surface area contributed by atoms with Crippen LogP contribution >= 0.6 is 0 Å². The summed E-state index contributed by atoms with van der Waals surface area (Å²) in [5, 5.41) is 18.1. The number of hydrogen-bond acceptors (Lipinski definition) is 6. The van der Waals surface area contributed by atoms with E-state index in [0.717, 1.165) is 17.7 Å². The number of aromatic nitrogens is 1. The number of rotatable bonds is 5. The van der Waals surface area contributed by atoms with Gasteiger partial charge in [0.25, 0.3) is 0 Å². The molecular weight excluding hydrogens is 469 g/mol. The molecule has 5 rings (SSSR count). The zero-order valence-electron chi connectivity index (χ0n) is 18.5. The summed E-state index contributed by atoms with van der Waals surface area (Å²) in [6, 6.07) is 23.8. The second-order valence-electron chi connectivity index (χ2n) is 7.79. The van der Waals surface area contributed by atoms with Gasteiger partial charge in [0, 0.05) is 17.3 Å². The average Bonchev–Trinajstić information content (AvgIpc) is 3.31. The molecule has 1 heterocycles. The normalized spacial score (nSPS) is 12.2. The molecule has 0 saturated heterocycles. The molecule has 9 heteroatoms. The van der Waals surface area contributed by atoms with Gasteiger partial charge >= 0.3 is 6.18 Å². The summed E-state index contributed by atoms with van der Waals surface area (Å²) in [5.41, 5.74) is 2.66. The van der Waals surface area contributed by atoms with Gasteiger partial charge in [0.2, 0.25) is 5.89 Å². The highest BCUT2D eigenvalue weighted by Crippen LogP contribution is 2.32. The number of halogens is 3. The van der Waals surface area contributed by atoms with Crippen molar-refractivity contribution in [2.75, 3.05) is 0 Å². The van der Waals surface area contributed by atoms with Crippen molar-refractivity contribution >= 4 is 34.4 Å². The lowest BCUT2D eigenvalue weighted by Crippen LogP contribution is -2.03. The largest absolute Gasteiger partial charge is 0.507 e. The molecule has 0 atom stereocenters. The third kappa shape index (κ3) is 5.15. The van der Waals surface area contributed by atoms with Gasteiger partial charge in [-0.1, -0.05) is 24.3 Å². The van der Waals surface area contributed by atoms with Crippen LogP contribution < -0.4 is 0 Å². The van der Waals surface area contributed by atoms with Crippen molar-refractivity contribution in [3.8, 4) is 17.2 Å². The van der Waals surface area contributed by atoms with Crippen molar-refractivity contribution in [2.24, 2.45) is 15.2 Å². The van der Waals surface area contributed by atoms with Crippen LogP contribution in [0.3, 0.4) is 0 Å². The topological polar surface area (TPSA) is 83.3 Å². The number of alkyl halides is 3. The van der Waals surface area contributed by atoms with E-state index in [9.17, 15) is 18.3 Å². The summed E-state index contributed by atoms with van der Waals surface area (Å²) >= 11 is 0. The molecular formula is C27H17F3N4O2. The third-order valence-electron chi connectivity index (χ3n) is 5.21.